The molecule has 0 spiro atoms. The summed E-state index contributed by atoms with van der Waals surface area (Å²) in [4.78, 5) is 43.2. The first kappa shape index (κ1) is 24.6. The highest BCUT2D eigenvalue weighted by atomic mass is 32.1. The van der Waals surface area contributed by atoms with Crippen molar-refractivity contribution in [2.24, 2.45) is 18.7 Å². The highest BCUT2D eigenvalue weighted by Gasteiger charge is 2.29. The molecule has 0 radical (unpaired) electrons. The zero-order valence-electron chi connectivity index (χ0n) is 20.7. The molecular formula is C26H27N5O5S. The summed E-state index contributed by atoms with van der Waals surface area (Å²) in [5.74, 6) is 1.07. The van der Waals surface area contributed by atoms with Crippen molar-refractivity contribution in [3.05, 3.63) is 52.7 Å². The van der Waals surface area contributed by atoms with Gasteiger partial charge in [0.15, 0.2) is 0 Å². The fraction of sp³-hybridized carbons (Fsp3) is 0.308. The first-order valence-corrected chi connectivity index (χ1v) is 12.7. The van der Waals surface area contributed by atoms with Crippen molar-refractivity contribution < 1.29 is 23.9 Å². The molecule has 1 saturated heterocycles. The fourth-order valence-corrected chi connectivity index (χ4v) is 5.79. The summed E-state index contributed by atoms with van der Waals surface area (Å²) in [5, 5.41) is 3.55. The third-order valence-corrected chi connectivity index (χ3v) is 7.89. The van der Waals surface area contributed by atoms with Crippen molar-refractivity contribution in [3.63, 3.8) is 0 Å². The predicted octanol–water partition coefficient (Wildman–Crippen LogP) is 3.81. The molecule has 4 heterocycles. The Morgan fingerprint density at radius 1 is 1.24 bits per heavy atom. The van der Waals surface area contributed by atoms with Crippen LogP contribution in [0.5, 0.6) is 11.5 Å². The maximum Gasteiger partial charge on any atom is 0.404 e. The van der Waals surface area contributed by atoms with Crippen molar-refractivity contribution in [3.8, 4) is 11.5 Å². The number of carbonyl (C=O) groups is 3. The molecule has 37 heavy (non-hydrogen) atoms. The van der Waals surface area contributed by atoms with Crippen molar-refractivity contribution in [2.45, 2.75) is 13.3 Å². The van der Waals surface area contributed by atoms with E-state index in [1.54, 1.807) is 30.3 Å². The van der Waals surface area contributed by atoms with Crippen LogP contribution in [0.25, 0.3) is 21.1 Å². The number of thiophene rings is 1. The lowest BCUT2D eigenvalue weighted by Crippen LogP contribution is -2.29. The van der Waals surface area contributed by atoms with Gasteiger partial charge in [-0.05, 0) is 31.5 Å². The summed E-state index contributed by atoms with van der Waals surface area (Å²) < 4.78 is 13.9. The molecule has 4 aromatic rings. The van der Waals surface area contributed by atoms with Gasteiger partial charge < -0.3 is 30.0 Å². The number of carbonyl (C=O) groups excluding carboxylic acids is 3. The third kappa shape index (κ3) is 4.57. The molecule has 1 atom stereocenters. The molecule has 3 amide bonds. The van der Waals surface area contributed by atoms with Crippen LogP contribution in [-0.4, -0.2) is 59.1 Å². The summed E-state index contributed by atoms with van der Waals surface area (Å²) >= 11 is 1.34. The third-order valence-electron chi connectivity index (χ3n) is 6.77. The highest BCUT2D eigenvalue weighted by molar-refractivity contribution is 7.21. The minimum Gasteiger partial charge on any atom is -0.456 e. The molecule has 11 heteroatoms. The molecule has 1 aliphatic heterocycles. The number of rotatable bonds is 6. The lowest BCUT2D eigenvalue weighted by atomic mass is 10.1. The van der Waals surface area contributed by atoms with Gasteiger partial charge in [0.1, 0.15) is 11.5 Å². The molecular weight excluding hydrogens is 494 g/mol. The summed E-state index contributed by atoms with van der Waals surface area (Å²) in [5.41, 5.74) is 8.12. The van der Waals surface area contributed by atoms with Gasteiger partial charge in [-0.25, -0.2) is 4.79 Å². The Kier molecular flexibility index (Phi) is 6.46. The van der Waals surface area contributed by atoms with Crippen molar-refractivity contribution >= 4 is 50.4 Å². The van der Waals surface area contributed by atoms with E-state index in [0.717, 1.165) is 27.7 Å². The molecule has 192 valence electrons. The smallest absolute Gasteiger partial charge is 0.404 e. The van der Waals surface area contributed by atoms with Crippen LogP contribution in [0.4, 0.5) is 4.79 Å². The number of likely N-dealkylation sites (tertiary alicyclic amines) is 1. The van der Waals surface area contributed by atoms with Gasteiger partial charge >= 0.3 is 6.09 Å². The number of nitrogens with one attached hydrogen (secondary N) is 1. The number of hydrogen-bond donors (Lipinski definition) is 2. The van der Waals surface area contributed by atoms with Crippen LogP contribution >= 0.6 is 11.3 Å². The van der Waals surface area contributed by atoms with E-state index in [1.165, 1.54) is 11.3 Å². The van der Waals surface area contributed by atoms with Crippen LogP contribution in [0.1, 0.15) is 32.1 Å². The Balaban J connectivity index is 1.39. The first-order chi connectivity index (χ1) is 17.8. The highest BCUT2D eigenvalue weighted by Crippen LogP contribution is 2.37. The maximum absolute atomic E-state index is 13.2. The Labute approximate surface area is 217 Å². The summed E-state index contributed by atoms with van der Waals surface area (Å²) in [6, 6.07) is 9.17. The molecule has 0 bridgehead atoms. The van der Waals surface area contributed by atoms with Gasteiger partial charge in [0.25, 0.3) is 11.8 Å². The van der Waals surface area contributed by atoms with Crippen LogP contribution in [0, 0.1) is 12.8 Å². The number of nitrogens with two attached hydrogens (primary N) is 1. The monoisotopic (exact) mass is 521 g/mol. The van der Waals surface area contributed by atoms with Gasteiger partial charge in [-0.2, -0.15) is 0 Å². The normalized spacial score (nSPS) is 15.3. The molecule has 1 unspecified atom stereocenters. The number of fused-ring (bicyclic) bond motifs is 2. The number of pyridine rings is 1. The van der Waals surface area contributed by atoms with Gasteiger partial charge in [-0.15, -0.1) is 11.3 Å². The zero-order chi connectivity index (χ0) is 26.3. The van der Waals surface area contributed by atoms with Gasteiger partial charge in [0, 0.05) is 62.5 Å². The van der Waals surface area contributed by atoms with Gasteiger partial charge in [-0.3, -0.25) is 14.6 Å². The Morgan fingerprint density at radius 2 is 2.05 bits per heavy atom. The van der Waals surface area contributed by atoms with Crippen LogP contribution in [-0.2, 0) is 11.8 Å². The van der Waals surface area contributed by atoms with Crippen LogP contribution in [0.2, 0.25) is 0 Å². The topological polar surface area (TPSA) is 129 Å². The molecule has 1 aromatic carbocycles. The van der Waals surface area contributed by atoms with E-state index in [-0.39, 0.29) is 24.3 Å². The average Bonchev–Trinajstić information content (AvgIpc) is 3.60. The zero-order valence-corrected chi connectivity index (χ0v) is 21.6. The second-order valence-electron chi connectivity index (χ2n) is 9.05. The summed E-state index contributed by atoms with van der Waals surface area (Å²) in [7, 11) is 3.53. The minimum atomic E-state index is -0.804. The molecule has 3 aromatic heterocycles. The first-order valence-electron chi connectivity index (χ1n) is 11.9. The number of benzene rings is 1. The Bertz CT molecular complexity index is 1540. The maximum atomic E-state index is 13.2. The molecule has 1 fully saturated rings. The largest absolute Gasteiger partial charge is 0.456 e. The van der Waals surface area contributed by atoms with Crippen LogP contribution < -0.4 is 15.8 Å². The van der Waals surface area contributed by atoms with Crippen molar-refractivity contribution in [1.29, 1.82) is 0 Å². The summed E-state index contributed by atoms with van der Waals surface area (Å²) in [6.45, 7) is 3.21. The SMILES string of the molecule is CNC(=O)c1c(C)n(C)c2cc(Oc3ccnc4cc(C(=O)N5CCC(COC(N)=O)C5)sc34)ccc12. The number of aromatic nitrogens is 2. The van der Waals surface area contributed by atoms with Crippen LogP contribution in [0.15, 0.2) is 36.5 Å². The number of amides is 3. The van der Waals surface area contributed by atoms with E-state index in [1.807, 2.05) is 36.7 Å². The number of nitrogens with zero attached hydrogens (tertiary/aromatic N) is 3. The molecule has 0 saturated carbocycles. The Morgan fingerprint density at radius 3 is 2.81 bits per heavy atom. The minimum absolute atomic E-state index is 0.0721. The van der Waals surface area contributed by atoms with E-state index < -0.39 is 6.09 Å². The van der Waals surface area contributed by atoms with E-state index in [0.29, 0.717) is 40.5 Å². The quantitative estimate of drug-likeness (QED) is 0.397. The van der Waals surface area contributed by atoms with Gasteiger partial charge in [0.05, 0.1) is 32.8 Å². The predicted molar refractivity (Wildman–Crippen MR) is 140 cm³/mol. The molecule has 5 rings (SSSR count). The molecule has 0 aliphatic carbocycles. The molecule has 10 nitrogen and oxygen atoms in total. The second kappa shape index (κ2) is 9.74. The van der Waals surface area contributed by atoms with Crippen molar-refractivity contribution in [2.75, 3.05) is 26.7 Å². The summed E-state index contributed by atoms with van der Waals surface area (Å²) in [6.07, 6.45) is 1.60. The van der Waals surface area contributed by atoms with E-state index in [4.69, 9.17) is 15.2 Å². The number of primary amides is 1. The number of hydrogen-bond acceptors (Lipinski definition) is 7. The van der Waals surface area contributed by atoms with Crippen molar-refractivity contribution in [1.82, 2.24) is 19.8 Å². The van der Waals surface area contributed by atoms with Gasteiger partial charge in [-0.1, -0.05) is 0 Å². The second-order valence-corrected chi connectivity index (χ2v) is 10.1. The fourth-order valence-electron chi connectivity index (χ4n) is 4.76. The van der Waals surface area contributed by atoms with E-state index >= 15 is 0 Å². The molecule has 3 N–H and O–H groups in total. The Hall–Kier alpha value is -4.12. The number of ether oxygens (including phenoxy) is 2. The average molecular weight is 522 g/mol. The molecule has 1 aliphatic rings. The van der Waals surface area contributed by atoms with E-state index in [2.05, 4.69) is 10.3 Å². The number of aryl methyl sites for hydroxylation is 1. The lowest BCUT2D eigenvalue weighted by Gasteiger charge is -2.15. The van der Waals surface area contributed by atoms with E-state index in [9.17, 15) is 14.4 Å². The van der Waals surface area contributed by atoms with Crippen LogP contribution in [0.3, 0.4) is 0 Å². The lowest BCUT2D eigenvalue weighted by molar-refractivity contribution is 0.0783. The van der Waals surface area contributed by atoms with Gasteiger partial charge in [0.2, 0.25) is 0 Å². The standard InChI is InChI=1S/C26H27N5O5S/c1-14-22(24(32)28-2)17-5-4-16(10-19(17)30(14)3)36-20-6-8-29-18-11-21(37-23(18)20)25(33)31-9-7-15(12-31)13-35-26(27)34/h4-6,8,10-11,15H,7,9,12-13H2,1-3H3,(H2,27,34)(H,28,32).